The Kier molecular flexibility index (Phi) is 5.17. The first-order valence-electron chi connectivity index (χ1n) is 8.64. The Morgan fingerprint density at radius 3 is 2.40 bits per heavy atom. The molecule has 2 fully saturated rings. The van der Waals surface area contributed by atoms with E-state index in [1.54, 1.807) is 20.2 Å². The molecule has 0 unspecified atom stereocenters. The van der Waals surface area contributed by atoms with Gasteiger partial charge in [0.05, 0.1) is 6.10 Å². The minimum absolute atomic E-state index is 0.0504. The molecule has 1 N–H and O–H groups in total. The molecule has 8 heteroatoms. The SMILES string of the molecule is CN(C)C(=O)c1ccc(N2CCC([C@@H]3CC[C@H](C(=O)O)O3)CC2)nn1. The van der Waals surface area contributed by atoms with Crippen LogP contribution in [-0.2, 0) is 9.53 Å². The summed E-state index contributed by atoms with van der Waals surface area (Å²) in [7, 11) is 3.37. The van der Waals surface area contributed by atoms with Crippen LogP contribution in [0.5, 0.6) is 0 Å². The van der Waals surface area contributed by atoms with Crippen LogP contribution in [0, 0.1) is 5.92 Å². The number of hydrogen-bond acceptors (Lipinski definition) is 6. The lowest BCUT2D eigenvalue weighted by Gasteiger charge is -2.35. The van der Waals surface area contributed by atoms with Crippen molar-refractivity contribution in [1.29, 1.82) is 0 Å². The van der Waals surface area contributed by atoms with Crippen molar-refractivity contribution in [3.63, 3.8) is 0 Å². The molecule has 1 amide bonds. The van der Waals surface area contributed by atoms with Crippen molar-refractivity contribution in [2.24, 2.45) is 5.92 Å². The average Bonchev–Trinajstić information content (AvgIpc) is 3.12. The van der Waals surface area contributed by atoms with E-state index < -0.39 is 12.1 Å². The highest BCUT2D eigenvalue weighted by molar-refractivity contribution is 5.91. The van der Waals surface area contributed by atoms with Crippen molar-refractivity contribution in [2.45, 2.75) is 37.9 Å². The minimum atomic E-state index is -0.859. The molecule has 2 aliphatic rings. The van der Waals surface area contributed by atoms with Crippen LogP contribution in [0.4, 0.5) is 5.82 Å². The van der Waals surface area contributed by atoms with E-state index in [0.717, 1.165) is 38.2 Å². The Morgan fingerprint density at radius 1 is 1.16 bits per heavy atom. The number of anilines is 1. The van der Waals surface area contributed by atoms with Gasteiger partial charge in [0, 0.05) is 27.2 Å². The van der Waals surface area contributed by atoms with E-state index in [1.807, 2.05) is 6.07 Å². The highest BCUT2D eigenvalue weighted by atomic mass is 16.5. The van der Waals surface area contributed by atoms with Crippen LogP contribution >= 0.6 is 0 Å². The maximum absolute atomic E-state index is 11.9. The first-order chi connectivity index (χ1) is 12.0. The summed E-state index contributed by atoms with van der Waals surface area (Å²) in [4.78, 5) is 26.5. The van der Waals surface area contributed by atoms with Gasteiger partial charge in [-0.25, -0.2) is 4.79 Å². The highest BCUT2D eigenvalue weighted by Crippen LogP contribution is 2.32. The normalized spacial score (nSPS) is 24.3. The summed E-state index contributed by atoms with van der Waals surface area (Å²) in [6.45, 7) is 1.66. The van der Waals surface area contributed by atoms with Crippen molar-refractivity contribution in [2.75, 3.05) is 32.1 Å². The van der Waals surface area contributed by atoms with E-state index in [-0.39, 0.29) is 12.0 Å². The van der Waals surface area contributed by atoms with Gasteiger partial charge in [0.2, 0.25) is 0 Å². The zero-order valence-electron chi connectivity index (χ0n) is 14.6. The van der Waals surface area contributed by atoms with Crippen molar-refractivity contribution in [3.8, 4) is 0 Å². The van der Waals surface area contributed by atoms with Crippen LogP contribution in [0.15, 0.2) is 12.1 Å². The molecule has 0 bridgehead atoms. The summed E-state index contributed by atoms with van der Waals surface area (Å²) in [6.07, 6.45) is 2.72. The molecule has 2 atom stereocenters. The van der Waals surface area contributed by atoms with Gasteiger partial charge in [0.25, 0.3) is 5.91 Å². The third-order valence-electron chi connectivity index (χ3n) is 4.99. The number of piperidine rings is 1. The van der Waals surface area contributed by atoms with E-state index in [4.69, 9.17) is 9.84 Å². The van der Waals surface area contributed by atoms with Crippen molar-refractivity contribution in [3.05, 3.63) is 17.8 Å². The Labute approximate surface area is 146 Å². The first-order valence-corrected chi connectivity index (χ1v) is 8.64. The number of carboxylic acids is 1. The Hall–Kier alpha value is -2.22. The number of carbonyl (C=O) groups excluding carboxylic acids is 1. The van der Waals surface area contributed by atoms with Crippen LogP contribution in [0.3, 0.4) is 0 Å². The topological polar surface area (TPSA) is 95.9 Å². The second-order valence-corrected chi connectivity index (χ2v) is 6.88. The van der Waals surface area contributed by atoms with Crippen LogP contribution < -0.4 is 4.90 Å². The molecule has 0 spiro atoms. The quantitative estimate of drug-likeness (QED) is 0.868. The van der Waals surface area contributed by atoms with Gasteiger partial charge in [0.1, 0.15) is 0 Å². The molecule has 0 saturated carbocycles. The molecule has 3 rings (SSSR count). The summed E-state index contributed by atoms with van der Waals surface area (Å²) in [5, 5.41) is 17.3. The van der Waals surface area contributed by atoms with E-state index in [0.29, 0.717) is 18.0 Å². The number of rotatable bonds is 4. The molecule has 0 aliphatic carbocycles. The average molecular weight is 348 g/mol. The number of carbonyl (C=O) groups is 2. The van der Waals surface area contributed by atoms with Crippen LogP contribution in [0.25, 0.3) is 0 Å². The zero-order chi connectivity index (χ0) is 18.0. The summed E-state index contributed by atoms with van der Waals surface area (Å²) in [6, 6.07) is 3.53. The maximum Gasteiger partial charge on any atom is 0.332 e. The fourth-order valence-electron chi connectivity index (χ4n) is 3.53. The Balaban J connectivity index is 1.54. The van der Waals surface area contributed by atoms with Crippen LogP contribution in [0.2, 0.25) is 0 Å². The fraction of sp³-hybridized carbons (Fsp3) is 0.647. The number of ether oxygens (including phenoxy) is 1. The van der Waals surface area contributed by atoms with Gasteiger partial charge >= 0.3 is 5.97 Å². The predicted molar refractivity (Wildman–Crippen MR) is 90.5 cm³/mol. The molecule has 2 saturated heterocycles. The largest absolute Gasteiger partial charge is 0.479 e. The highest BCUT2D eigenvalue weighted by Gasteiger charge is 2.36. The van der Waals surface area contributed by atoms with Crippen molar-refractivity contribution >= 4 is 17.7 Å². The number of aromatic nitrogens is 2. The second-order valence-electron chi connectivity index (χ2n) is 6.88. The summed E-state index contributed by atoms with van der Waals surface area (Å²) >= 11 is 0. The molecule has 25 heavy (non-hydrogen) atoms. The third-order valence-corrected chi connectivity index (χ3v) is 4.99. The molecule has 3 heterocycles. The van der Waals surface area contributed by atoms with Crippen molar-refractivity contribution < 1.29 is 19.4 Å². The summed E-state index contributed by atoms with van der Waals surface area (Å²) in [5.41, 5.74) is 0.336. The lowest BCUT2D eigenvalue weighted by Crippen LogP contribution is -2.38. The molecule has 1 aromatic rings. The molecule has 136 valence electrons. The Bertz CT molecular complexity index is 626. The second kappa shape index (κ2) is 7.35. The zero-order valence-corrected chi connectivity index (χ0v) is 14.6. The number of amides is 1. The van der Waals surface area contributed by atoms with E-state index in [9.17, 15) is 9.59 Å². The molecule has 1 aromatic heterocycles. The minimum Gasteiger partial charge on any atom is -0.479 e. The summed E-state index contributed by atoms with van der Waals surface area (Å²) < 4.78 is 5.68. The molecular weight excluding hydrogens is 324 g/mol. The number of hydrogen-bond donors (Lipinski definition) is 1. The first kappa shape index (κ1) is 17.6. The predicted octanol–water partition coefficient (Wildman–Crippen LogP) is 1.03. The van der Waals surface area contributed by atoms with Gasteiger partial charge < -0.3 is 19.6 Å². The van der Waals surface area contributed by atoms with E-state index >= 15 is 0 Å². The van der Waals surface area contributed by atoms with Gasteiger partial charge in [0.15, 0.2) is 17.6 Å². The monoisotopic (exact) mass is 348 g/mol. The standard InChI is InChI=1S/C17H24N4O4/c1-20(2)16(22)12-3-6-15(19-18-12)21-9-7-11(8-10-21)13-4-5-14(25-13)17(23)24/h3,6,11,13-14H,4-5,7-10H2,1-2H3,(H,23,24)/t13-,14+/m0/s1. The lowest BCUT2D eigenvalue weighted by atomic mass is 9.90. The van der Waals surface area contributed by atoms with Gasteiger partial charge in [-0.15, -0.1) is 10.2 Å². The number of carboxylic acid groups (broad SMARTS) is 1. The van der Waals surface area contributed by atoms with Gasteiger partial charge in [-0.05, 0) is 43.7 Å². The van der Waals surface area contributed by atoms with Crippen LogP contribution in [-0.4, -0.2) is 71.5 Å². The number of aliphatic carboxylic acids is 1. The smallest absolute Gasteiger partial charge is 0.332 e. The van der Waals surface area contributed by atoms with Crippen LogP contribution in [0.1, 0.15) is 36.2 Å². The number of nitrogens with zero attached hydrogens (tertiary/aromatic N) is 4. The van der Waals surface area contributed by atoms with Gasteiger partial charge in [-0.3, -0.25) is 4.79 Å². The van der Waals surface area contributed by atoms with Gasteiger partial charge in [-0.2, -0.15) is 0 Å². The van der Waals surface area contributed by atoms with E-state index in [1.165, 1.54) is 4.90 Å². The van der Waals surface area contributed by atoms with E-state index in [2.05, 4.69) is 15.1 Å². The third kappa shape index (κ3) is 3.89. The van der Waals surface area contributed by atoms with Crippen molar-refractivity contribution in [1.82, 2.24) is 15.1 Å². The molecule has 0 aromatic carbocycles. The molecule has 0 radical (unpaired) electrons. The molecule has 2 aliphatic heterocycles. The lowest BCUT2D eigenvalue weighted by molar-refractivity contribution is -0.150. The Morgan fingerprint density at radius 2 is 1.88 bits per heavy atom. The molecule has 8 nitrogen and oxygen atoms in total. The summed E-state index contributed by atoms with van der Waals surface area (Å²) in [5.74, 6) is 0.138. The molecular formula is C17H24N4O4. The van der Waals surface area contributed by atoms with Gasteiger partial charge in [-0.1, -0.05) is 0 Å². The maximum atomic E-state index is 11.9. The fourth-order valence-corrected chi connectivity index (χ4v) is 3.53.